The van der Waals surface area contributed by atoms with E-state index in [1.807, 2.05) is 0 Å². The second kappa shape index (κ2) is 4.19. The summed E-state index contributed by atoms with van der Waals surface area (Å²) in [4.78, 5) is 26.0. The van der Waals surface area contributed by atoms with Gasteiger partial charge in [0.25, 0.3) is 0 Å². The molecule has 0 atom stereocenters. The number of carboxylic acids is 1. The van der Waals surface area contributed by atoms with E-state index in [1.165, 1.54) is 0 Å². The number of aromatic nitrogens is 1. The fourth-order valence-corrected chi connectivity index (χ4v) is 1.68. The van der Waals surface area contributed by atoms with Gasteiger partial charge >= 0.3 is 5.97 Å². The molecule has 1 heterocycles. The van der Waals surface area contributed by atoms with E-state index in [0.29, 0.717) is 16.4 Å². The molecule has 0 aromatic carbocycles. The summed E-state index contributed by atoms with van der Waals surface area (Å²) in [6, 6.07) is 0. The number of nitrogens with one attached hydrogen (secondary N) is 1. The molecule has 0 aliphatic carbocycles. The van der Waals surface area contributed by atoms with Gasteiger partial charge in [-0.05, 0) is 6.92 Å². The van der Waals surface area contributed by atoms with Crippen LogP contribution in [0.5, 0.6) is 0 Å². The number of anilines is 1. The lowest BCUT2D eigenvalue weighted by atomic mass is 10.4. The lowest BCUT2D eigenvalue weighted by Crippen LogP contribution is -2.09. The number of aromatic carboxylic acids is 1. The Morgan fingerprint density at radius 2 is 2.21 bits per heavy atom. The van der Waals surface area contributed by atoms with Crippen molar-refractivity contribution in [2.75, 3.05) is 5.32 Å². The van der Waals surface area contributed by atoms with E-state index < -0.39 is 5.97 Å². The van der Waals surface area contributed by atoms with Gasteiger partial charge in [0.2, 0.25) is 5.91 Å². The second-order valence-electron chi connectivity index (χ2n) is 2.63. The van der Waals surface area contributed by atoms with Crippen LogP contribution in [0, 0.1) is 6.92 Å². The molecule has 76 valence electrons. The molecular formula is C8H10N2O3S. The van der Waals surface area contributed by atoms with Crippen LogP contribution >= 0.6 is 11.3 Å². The highest BCUT2D eigenvalue weighted by Crippen LogP contribution is 2.21. The monoisotopic (exact) mass is 214 g/mol. The highest BCUT2D eigenvalue weighted by Gasteiger charge is 2.14. The number of hydrogen-bond donors (Lipinski definition) is 2. The summed E-state index contributed by atoms with van der Waals surface area (Å²) < 4.78 is 0. The largest absolute Gasteiger partial charge is 0.476 e. The zero-order valence-corrected chi connectivity index (χ0v) is 8.64. The fraction of sp³-hybridized carbons (Fsp3) is 0.375. The van der Waals surface area contributed by atoms with Crippen molar-refractivity contribution in [3.8, 4) is 0 Å². The van der Waals surface area contributed by atoms with Crippen molar-refractivity contribution in [1.29, 1.82) is 0 Å². The molecule has 14 heavy (non-hydrogen) atoms. The third-order valence-electron chi connectivity index (χ3n) is 1.57. The normalized spacial score (nSPS) is 9.86. The zero-order valence-electron chi connectivity index (χ0n) is 7.83. The van der Waals surface area contributed by atoms with E-state index >= 15 is 0 Å². The van der Waals surface area contributed by atoms with Crippen LogP contribution in [0.4, 0.5) is 5.13 Å². The lowest BCUT2D eigenvalue weighted by molar-refractivity contribution is -0.115. The Kier molecular flexibility index (Phi) is 3.19. The minimum Gasteiger partial charge on any atom is -0.476 e. The highest BCUT2D eigenvalue weighted by molar-refractivity contribution is 7.16. The smallest absolute Gasteiger partial charge is 0.355 e. The van der Waals surface area contributed by atoms with Gasteiger partial charge < -0.3 is 10.4 Å². The molecular weight excluding hydrogens is 204 g/mol. The predicted molar refractivity (Wildman–Crippen MR) is 52.7 cm³/mol. The molecule has 1 rings (SSSR count). The molecule has 0 fully saturated rings. The van der Waals surface area contributed by atoms with Gasteiger partial charge in [0.15, 0.2) is 10.8 Å². The van der Waals surface area contributed by atoms with Gasteiger partial charge in [-0.25, -0.2) is 9.78 Å². The average molecular weight is 214 g/mol. The third kappa shape index (κ3) is 2.29. The summed E-state index contributed by atoms with van der Waals surface area (Å²) in [5, 5.41) is 11.6. The molecule has 0 aliphatic heterocycles. The highest BCUT2D eigenvalue weighted by atomic mass is 32.1. The Balaban J connectivity index is 2.86. The van der Waals surface area contributed by atoms with Crippen LogP contribution in [0.1, 0.15) is 28.7 Å². The Labute approximate surface area is 84.8 Å². The molecule has 0 unspecified atom stereocenters. The number of aryl methyl sites for hydroxylation is 1. The molecule has 6 heteroatoms. The van der Waals surface area contributed by atoms with Crippen LogP contribution in [0.2, 0.25) is 0 Å². The Morgan fingerprint density at radius 1 is 1.57 bits per heavy atom. The van der Waals surface area contributed by atoms with Crippen LogP contribution in [0.15, 0.2) is 0 Å². The standard InChI is InChI=1S/C8H10N2O3S/c1-3-5(11)9-8-10-6(7(12)13)4(2)14-8/h3H2,1-2H3,(H,12,13)(H,9,10,11). The van der Waals surface area contributed by atoms with E-state index in [1.54, 1.807) is 13.8 Å². The first-order valence-corrected chi connectivity index (χ1v) is 4.86. The molecule has 1 amide bonds. The van der Waals surface area contributed by atoms with Crippen LogP contribution in [0.3, 0.4) is 0 Å². The van der Waals surface area contributed by atoms with Crippen molar-refractivity contribution in [2.45, 2.75) is 20.3 Å². The molecule has 0 radical (unpaired) electrons. The van der Waals surface area contributed by atoms with E-state index in [2.05, 4.69) is 10.3 Å². The molecule has 1 aromatic rings. The van der Waals surface area contributed by atoms with E-state index in [4.69, 9.17) is 5.11 Å². The van der Waals surface area contributed by atoms with Crippen molar-refractivity contribution in [2.24, 2.45) is 0 Å². The molecule has 2 N–H and O–H groups in total. The van der Waals surface area contributed by atoms with Crippen molar-refractivity contribution < 1.29 is 14.7 Å². The van der Waals surface area contributed by atoms with E-state index in [0.717, 1.165) is 11.3 Å². The zero-order chi connectivity index (χ0) is 10.7. The minimum absolute atomic E-state index is 0.00130. The van der Waals surface area contributed by atoms with Gasteiger partial charge in [-0.2, -0.15) is 0 Å². The topological polar surface area (TPSA) is 79.3 Å². The van der Waals surface area contributed by atoms with Crippen LogP contribution in [-0.4, -0.2) is 22.0 Å². The molecule has 0 saturated heterocycles. The summed E-state index contributed by atoms with van der Waals surface area (Å²) in [6.07, 6.45) is 0.348. The molecule has 1 aromatic heterocycles. The Hall–Kier alpha value is -1.43. The number of carbonyl (C=O) groups is 2. The summed E-state index contributed by atoms with van der Waals surface area (Å²) >= 11 is 1.16. The minimum atomic E-state index is -1.07. The van der Waals surface area contributed by atoms with Crippen molar-refractivity contribution >= 4 is 28.3 Å². The Bertz CT molecular complexity index is 373. The van der Waals surface area contributed by atoms with Gasteiger partial charge in [-0.15, -0.1) is 11.3 Å². The van der Waals surface area contributed by atoms with Gasteiger partial charge in [-0.1, -0.05) is 6.92 Å². The maximum atomic E-state index is 11.0. The number of amides is 1. The van der Waals surface area contributed by atoms with Crippen LogP contribution in [0.25, 0.3) is 0 Å². The van der Waals surface area contributed by atoms with Gasteiger partial charge in [0.05, 0.1) is 0 Å². The molecule has 0 bridgehead atoms. The summed E-state index contributed by atoms with van der Waals surface area (Å²) in [5.74, 6) is -1.24. The first-order valence-electron chi connectivity index (χ1n) is 4.05. The predicted octanol–water partition coefficient (Wildman–Crippen LogP) is 1.50. The van der Waals surface area contributed by atoms with Crippen molar-refractivity contribution in [3.05, 3.63) is 10.6 Å². The number of thiazole rings is 1. The molecule has 0 spiro atoms. The number of hydrogen-bond acceptors (Lipinski definition) is 4. The summed E-state index contributed by atoms with van der Waals surface area (Å²) in [7, 11) is 0. The first kappa shape index (κ1) is 10.6. The van der Waals surface area contributed by atoms with E-state index in [-0.39, 0.29) is 11.6 Å². The lowest BCUT2D eigenvalue weighted by Gasteiger charge is -1.95. The third-order valence-corrected chi connectivity index (χ3v) is 2.45. The fourth-order valence-electron chi connectivity index (χ4n) is 0.856. The quantitative estimate of drug-likeness (QED) is 0.799. The maximum Gasteiger partial charge on any atom is 0.355 e. The second-order valence-corrected chi connectivity index (χ2v) is 3.83. The van der Waals surface area contributed by atoms with Crippen molar-refractivity contribution in [1.82, 2.24) is 4.98 Å². The molecule has 0 saturated carbocycles. The summed E-state index contributed by atoms with van der Waals surface area (Å²) in [5.41, 5.74) is 0.00130. The maximum absolute atomic E-state index is 11.0. The average Bonchev–Trinajstić information content (AvgIpc) is 2.46. The number of nitrogens with zero attached hydrogens (tertiary/aromatic N) is 1. The number of carbonyl (C=O) groups excluding carboxylic acids is 1. The van der Waals surface area contributed by atoms with Gasteiger partial charge in [-0.3, -0.25) is 4.79 Å². The van der Waals surface area contributed by atoms with E-state index in [9.17, 15) is 9.59 Å². The Morgan fingerprint density at radius 3 is 2.64 bits per heavy atom. The van der Waals surface area contributed by atoms with Crippen LogP contribution in [-0.2, 0) is 4.79 Å². The van der Waals surface area contributed by atoms with Gasteiger partial charge in [0.1, 0.15) is 0 Å². The van der Waals surface area contributed by atoms with Crippen molar-refractivity contribution in [3.63, 3.8) is 0 Å². The molecule has 0 aliphatic rings. The number of carboxylic acid groups (broad SMARTS) is 1. The summed E-state index contributed by atoms with van der Waals surface area (Å²) in [6.45, 7) is 3.37. The van der Waals surface area contributed by atoms with Gasteiger partial charge in [0, 0.05) is 11.3 Å². The SMILES string of the molecule is CCC(=O)Nc1nc(C(=O)O)c(C)s1. The number of rotatable bonds is 3. The first-order chi connectivity index (χ1) is 6.54. The van der Waals surface area contributed by atoms with Crippen LogP contribution < -0.4 is 5.32 Å². The molecule has 5 nitrogen and oxygen atoms in total.